The van der Waals surface area contributed by atoms with E-state index in [2.05, 4.69) is 106 Å². The van der Waals surface area contributed by atoms with Crippen molar-refractivity contribution >= 4 is 17.9 Å². The molecule has 1 atom stereocenters. The molecular formula is C58H98O6. The van der Waals surface area contributed by atoms with Gasteiger partial charge in [0, 0.05) is 19.3 Å². The van der Waals surface area contributed by atoms with Gasteiger partial charge >= 0.3 is 17.9 Å². The normalized spacial score (nSPS) is 12.7. The molecule has 0 fully saturated rings. The zero-order valence-electron chi connectivity index (χ0n) is 41.8. The molecule has 0 aliphatic carbocycles. The zero-order chi connectivity index (χ0) is 46.5. The van der Waals surface area contributed by atoms with E-state index in [0.29, 0.717) is 19.3 Å². The van der Waals surface area contributed by atoms with Gasteiger partial charge in [0.15, 0.2) is 6.10 Å². The number of ether oxygens (including phenoxy) is 3. The van der Waals surface area contributed by atoms with E-state index in [1.807, 2.05) is 0 Å². The van der Waals surface area contributed by atoms with Crippen LogP contribution in [0.3, 0.4) is 0 Å². The molecule has 0 heterocycles. The van der Waals surface area contributed by atoms with Crippen molar-refractivity contribution in [1.29, 1.82) is 0 Å². The SMILES string of the molecule is CCCC/C=C\C/C=C\CCCCCCCC(=O)O[C@@H](COC(=O)CCCCC/C=C\C/C=C\C/C=C\C/C=C\CCCCC)COC(=O)CCCCCCC/C=C\CCCCCC. The van der Waals surface area contributed by atoms with Crippen molar-refractivity contribution in [2.75, 3.05) is 13.2 Å². The second-order valence-corrected chi connectivity index (χ2v) is 17.4. The van der Waals surface area contributed by atoms with Gasteiger partial charge in [-0.2, -0.15) is 0 Å². The highest BCUT2D eigenvalue weighted by molar-refractivity contribution is 5.71. The average Bonchev–Trinajstić information content (AvgIpc) is 3.29. The first-order chi connectivity index (χ1) is 31.5. The number of carbonyl (C=O) groups is 3. The summed E-state index contributed by atoms with van der Waals surface area (Å²) in [5.74, 6) is -0.952. The summed E-state index contributed by atoms with van der Waals surface area (Å²) < 4.78 is 16.8. The van der Waals surface area contributed by atoms with Gasteiger partial charge in [-0.1, -0.05) is 196 Å². The molecule has 6 nitrogen and oxygen atoms in total. The van der Waals surface area contributed by atoms with Gasteiger partial charge in [0.05, 0.1) is 0 Å². The van der Waals surface area contributed by atoms with Crippen LogP contribution in [0.5, 0.6) is 0 Å². The largest absolute Gasteiger partial charge is 0.462 e. The molecule has 0 saturated heterocycles. The Morgan fingerprint density at radius 2 is 0.578 bits per heavy atom. The van der Waals surface area contributed by atoms with Crippen LogP contribution in [0.15, 0.2) is 85.1 Å². The molecule has 0 aromatic carbocycles. The molecule has 0 aliphatic rings. The predicted molar refractivity (Wildman–Crippen MR) is 274 cm³/mol. The molecule has 0 aromatic heterocycles. The summed E-state index contributed by atoms with van der Waals surface area (Å²) in [4.78, 5) is 38.0. The van der Waals surface area contributed by atoms with Crippen LogP contribution in [0.1, 0.15) is 245 Å². The number of carbonyl (C=O) groups excluding carboxylic acids is 3. The second-order valence-electron chi connectivity index (χ2n) is 17.4. The van der Waals surface area contributed by atoms with E-state index in [-0.39, 0.29) is 31.1 Å². The van der Waals surface area contributed by atoms with Gasteiger partial charge < -0.3 is 14.2 Å². The molecular weight excluding hydrogens is 793 g/mol. The lowest BCUT2D eigenvalue weighted by Gasteiger charge is -2.18. The smallest absolute Gasteiger partial charge is 0.306 e. The highest BCUT2D eigenvalue weighted by atomic mass is 16.6. The van der Waals surface area contributed by atoms with Crippen molar-refractivity contribution in [2.45, 2.75) is 252 Å². The minimum absolute atomic E-state index is 0.0975. The summed E-state index contributed by atoms with van der Waals surface area (Å²) in [5, 5.41) is 0. The molecule has 64 heavy (non-hydrogen) atoms. The lowest BCUT2D eigenvalue weighted by Crippen LogP contribution is -2.30. The van der Waals surface area contributed by atoms with Crippen molar-refractivity contribution in [3.05, 3.63) is 85.1 Å². The minimum atomic E-state index is -0.800. The lowest BCUT2D eigenvalue weighted by atomic mass is 10.1. The Morgan fingerprint density at radius 3 is 0.984 bits per heavy atom. The van der Waals surface area contributed by atoms with Gasteiger partial charge in [0.1, 0.15) is 13.2 Å². The van der Waals surface area contributed by atoms with Crippen LogP contribution in [0.25, 0.3) is 0 Å². The first-order valence-electron chi connectivity index (χ1n) is 26.6. The van der Waals surface area contributed by atoms with Crippen LogP contribution in [-0.2, 0) is 28.6 Å². The Bertz CT molecular complexity index is 1250. The highest BCUT2D eigenvalue weighted by Gasteiger charge is 2.19. The quantitative estimate of drug-likeness (QED) is 0.0262. The predicted octanol–water partition coefficient (Wildman–Crippen LogP) is 17.6. The summed E-state index contributed by atoms with van der Waals surface area (Å²) in [6, 6.07) is 0. The molecule has 0 aromatic rings. The molecule has 0 bridgehead atoms. The maximum Gasteiger partial charge on any atom is 0.306 e. The summed E-state index contributed by atoms with van der Waals surface area (Å²) in [5.41, 5.74) is 0. The number of hydrogen-bond donors (Lipinski definition) is 0. The maximum atomic E-state index is 12.8. The molecule has 0 unspecified atom stereocenters. The van der Waals surface area contributed by atoms with E-state index in [1.54, 1.807) is 0 Å². The summed E-state index contributed by atoms with van der Waals surface area (Å²) in [6.45, 7) is 6.50. The van der Waals surface area contributed by atoms with Crippen molar-refractivity contribution in [1.82, 2.24) is 0 Å². The molecule has 0 amide bonds. The van der Waals surface area contributed by atoms with E-state index >= 15 is 0 Å². The maximum absolute atomic E-state index is 12.8. The number of allylic oxidation sites excluding steroid dienone is 14. The molecule has 0 rings (SSSR count). The van der Waals surface area contributed by atoms with E-state index in [4.69, 9.17) is 14.2 Å². The Kier molecular flexibility index (Phi) is 49.4. The number of unbranched alkanes of at least 4 members (excludes halogenated alkanes) is 22. The van der Waals surface area contributed by atoms with Crippen molar-refractivity contribution < 1.29 is 28.6 Å². The standard InChI is InChI=1S/C58H98O6/c1-4-7-10-13-16-19-22-25-27-28-29-30-31-34-36-39-42-45-48-51-57(60)63-54-55(53-62-56(59)50-47-44-41-38-35-32-24-21-18-15-12-9-6-3)64-58(61)52-49-46-43-40-37-33-26-23-20-17-14-11-8-5-2/h14,16-17,19,21,23-27,29-30,34,36,55H,4-13,15,18,20,22,28,31-33,35,37-54H2,1-3H3/b17-14-,19-16-,24-21-,26-23-,27-25-,30-29-,36-34-/t55-/m1/s1. The molecule has 366 valence electrons. The molecule has 0 N–H and O–H groups in total. The van der Waals surface area contributed by atoms with E-state index in [0.717, 1.165) is 116 Å². The van der Waals surface area contributed by atoms with Crippen molar-refractivity contribution in [3.8, 4) is 0 Å². The van der Waals surface area contributed by atoms with Crippen LogP contribution in [0, 0.1) is 0 Å². The Hall–Kier alpha value is -3.41. The van der Waals surface area contributed by atoms with Crippen molar-refractivity contribution in [3.63, 3.8) is 0 Å². The topological polar surface area (TPSA) is 78.9 Å². The molecule has 0 saturated carbocycles. The third-order valence-electron chi connectivity index (χ3n) is 11.1. The summed E-state index contributed by atoms with van der Waals surface area (Å²) >= 11 is 0. The Morgan fingerprint density at radius 1 is 0.312 bits per heavy atom. The fourth-order valence-electron chi connectivity index (χ4n) is 7.02. The van der Waals surface area contributed by atoms with Crippen LogP contribution in [-0.4, -0.2) is 37.2 Å². The lowest BCUT2D eigenvalue weighted by molar-refractivity contribution is -0.167. The van der Waals surface area contributed by atoms with Gasteiger partial charge in [0.2, 0.25) is 0 Å². The fourth-order valence-corrected chi connectivity index (χ4v) is 7.02. The molecule has 0 aliphatic heterocycles. The van der Waals surface area contributed by atoms with Gasteiger partial charge in [-0.05, 0) is 116 Å². The zero-order valence-corrected chi connectivity index (χ0v) is 41.8. The molecule has 6 heteroatoms. The Labute approximate surface area is 395 Å². The second kappa shape index (κ2) is 52.2. The third-order valence-corrected chi connectivity index (χ3v) is 11.1. The number of rotatable bonds is 47. The van der Waals surface area contributed by atoms with E-state index in [9.17, 15) is 14.4 Å². The van der Waals surface area contributed by atoms with E-state index in [1.165, 1.54) is 89.9 Å². The van der Waals surface area contributed by atoms with Gasteiger partial charge in [-0.15, -0.1) is 0 Å². The van der Waals surface area contributed by atoms with E-state index < -0.39 is 6.10 Å². The van der Waals surface area contributed by atoms with Gasteiger partial charge in [0.25, 0.3) is 0 Å². The fraction of sp³-hybridized carbons (Fsp3) is 0.707. The van der Waals surface area contributed by atoms with Crippen LogP contribution < -0.4 is 0 Å². The molecule has 0 radical (unpaired) electrons. The number of esters is 3. The summed E-state index contributed by atoms with van der Waals surface area (Å²) in [7, 11) is 0. The third kappa shape index (κ3) is 49.6. The van der Waals surface area contributed by atoms with Crippen LogP contribution in [0.4, 0.5) is 0 Å². The average molecular weight is 891 g/mol. The minimum Gasteiger partial charge on any atom is -0.462 e. The first-order valence-corrected chi connectivity index (χ1v) is 26.6. The number of hydrogen-bond acceptors (Lipinski definition) is 6. The van der Waals surface area contributed by atoms with Gasteiger partial charge in [-0.3, -0.25) is 14.4 Å². The van der Waals surface area contributed by atoms with Crippen LogP contribution in [0.2, 0.25) is 0 Å². The Balaban J connectivity index is 4.47. The summed E-state index contributed by atoms with van der Waals surface area (Å²) in [6.07, 6.45) is 67.0. The monoisotopic (exact) mass is 891 g/mol. The van der Waals surface area contributed by atoms with Crippen molar-refractivity contribution in [2.24, 2.45) is 0 Å². The first kappa shape index (κ1) is 60.6. The van der Waals surface area contributed by atoms with Gasteiger partial charge in [-0.25, -0.2) is 0 Å². The van der Waals surface area contributed by atoms with Crippen LogP contribution >= 0.6 is 0 Å². The molecule has 0 spiro atoms. The highest BCUT2D eigenvalue weighted by Crippen LogP contribution is 2.13.